The van der Waals surface area contributed by atoms with Crippen LogP contribution in [-0.2, 0) is 16.0 Å². The standard InChI is InChI=1S/C23H27ClN4O3/c1-26(2)23(31)17-7-9-19(10-8-17)25-21(29)16-27-11-13-28(14-12-27)22(30)15-18-5-3-4-6-20(18)24/h3-10H,11-16H2,1-2H3,(H,25,29). The van der Waals surface area contributed by atoms with Crippen LogP contribution >= 0.6 is 11.6 Å². The summed E-state index contributed by atoms with van der Waals surface area (Å²) in [5.74, 6) is -0.160. The van der Waals surface area contributed by atoms with E-state index < -0.39 is 0 Å². The molecule has 164 valence electrons. The number of nitrogens with one attached hydrogen (secondary N) is 1. The lowest BCUT2D eigenvalue weighted by molar-refractivity contribution is -0.132. The number of carbonyl (C=O) groups is 3. The first-order valence-electron chi connectivity index (χ1n) is 10.2. The van der Waals surface area contributed by atoms with E-state index in [9.17, 15) is 14.4 Å². The van der Waals surface area contributed by atoms with Gasteiger partial charge in [0, 0.05) is 56.5 Å². The van der Waals surface area contributed by atoms with Crippen molar-refractivity contribution in [2.24, 2.45) is 0 Å². The molecule has 2 aromatic rings. The zero-order valence-corrected chi connectivity index (χ0v) is 18.6. The highest BCUT2D eigenvalue weighted by Crippen LogP contribution is 2.17. The van der Waals surface area contributed by atoms with Gasteiger partial charge in [-0.2, -0.15) is 0 Å². The van der Waals surface area contributed by atoms with Crippen LogP contribution in [0.25, 0.3) is 0 Å². The molecule has 3 rings (SSSR count). The summed E-state index contributed by atoms with van der Waals surface area (Å²) >= 11 is 6.15. The van der Waals surface area contributed by atoms with Gasteiger partial charge in [-0.1, -0.05) is 29.8 Å². The maximum absolute atomic E-state index is 12.5. The number of benzene rings is 2. The fraction of sp³-hybridized carbons (Fsp3) is 0.348. The number of anilines is 1. The van der Waals surface area contributed by atoms with Gasteiger partial charge < -0.3 is 15.1 Å². The van der Waals surface area contributed by atoms with Crippen molar-refractivity contribution in [3.05, 3.63) is 64.7 Å². The van der Waals surface area contributed by atoms with Gasteiger partial charge in [-0.25, -0.2) is 0 Å². The minimum absolute atomic E-state index is 0.0459. The lowest BCUT2D eigenvalue weighted by atomic mass is 10.1. The molecule has 3 amide bonds. The summed E-state index contributed by atoms with van der Waals surface area (Å²) in [7, 11) is 3.39. The minimum Gasteiger partial charge on any atom is -0.345 e. The van der Waals surface area contributed by atoms with Crippen molar-refractivity contribution < 1.29 is 14.4 Å². The Bertz CT molecular complexity index is 938. The third-order valence-electron chi connectivity index (χ3n) is 5.21. The van der Waals surface area contributed by atoms with Crippen molar-refractivity contribution >= 4 is 35.0 Å². The third kappa shape index (κ3) is 6.29. The summed E-state index contributed by atoms with van der Waals surface area (Å²) in [6.45, 7) is 2.69. The van der Waals surface area contributed by atoms with Crippen LogP contribution in [0.2, 0.25) is 5.02 Å². The highest BCUT2D eigenvalue weighted by atomic mass is 35.5. The van der Waals surface area contributed by atoms with Crippen molar-refractivity contribution in [2.45, 2.75) is 6.42 Å². The van der Waals surface area contributed by atoms with Gasteiger partial charge in [-0.3, -0.25) is 19.3 Å². The Labute approximate surface area is 187 Å². The number of amides is 3. The zero-order valence-electron chi connectivity index (χ0n) is 17.8. The average Bonchev–Trinajstić information content (AvgIpc) is 2.75. The van der Waals surface area contributed by atoms with E-state index in [2.05, 4.69) is 5.32 Å². The van der Waals surface area contributed by atoms with Crippen LogP contribution in [0, 0.1) is 0 Å². The van der Waals surface area contributed by atoms with E-state index in [0.29, 0.717) is 42.5 Å². The van der Waals surface area contributed by atoms with Gasteiger partial charge in [0.15, 0.2) is 0 Å². The molecule has 1 aliphatic heterocycles. The van der Waals surface area contributed by atoms with Crippen molar-refractivity contribution in [3.63, 3.8) is 0 Å². The van der Waals surface area contributed by atoms with E-state index in [4.69, 9.17) is 11.6 Å². The molecule has 1 fully saturated rings. The minimum atomic E-state index is -0.123. The van der Waals surface area contributed by atoms with E-state index in [1.54, 1.807) is 44.4 Å². The van der Waals surface area contributed by atoms with E-state index in [1.165, 1.54) is 4.90 Å². The molecule has 0 radical (unpaired) electrons. The first-order valence-corrected chi connectivity index (χ1v) is 10.6. The molecular formula is C23H27ClN4O3. The number of piperazine rings is 1. The zero-order chi connectivity index (χ0) is 22.4. The number of nitrogens with zero attached hydrogens (tertiary/aromatic N) is 3. The summed E-state index contributed by atoms with van der Waals surface area (Å²) in [5, 5.41) is 3.46. The van der Waals surface area contributed by atoms with Crippen LogP contribution in [0.1, 0.15) is 15.9 Å². The Hall–Kier alpha value is -2.90. The van der Waals surface area contributed by atoms with Crippen LogP contribution in [0.15, 0.2) is 48.5 Å². The first-order chi connectivity index (χ1) is 14.8. The smallest absolute Gasteiger partial charge is 0.253 e. The summed E-state index contributed by atoms with van der Waals surface area (Å²) in [4.78, 5) is 42.2. The molecule has 1 N–H and O–H groups in total. The lowest BCUT2D eigenvalue weighted by Gasteiger charge is -2.34. The van der Waals surface area contributed by atoms with Crippen LogP contribution in [0.3, 0.4) is 0 Å². The van der Waals surface area contributed by atoms with Crippen molar-refractivity contribution in [1.82, 2.24) is 14.7 Å². The van der Waals surface area contributed by atoms with Crippen LogP contribution in [-0.4, -0.2) is 79.2 Å². The average molecular weight is 443 g/mol. The molecule has 0 bridgehead atoms. The van der Waals surface area contributed by atoms with Crippen molar-refractivity contribution in [2.75, 3.05) is 52.1 Å². The molecule has 1 aliphatic rings. The van der Waals surface area contributed by atoms with Crippen LogP contribution in [0.4, 0.5) is 5.69 Å². The molecular weight excluding hydrogens is 416 g/mol. The van der Waals surface area contributed by atoms with Crippen LogP contribution in [0.5, 0.6) is 0 Å². The molecule has 0 unspecified atom stereocenters. The summed E-state index contributed by atoms with van der Waals surface area (Å²) in [5.41, 5.74) is 2.05. The molecule has 1 heterocycles. The van der Waals surface area contributed by atoms with Gasteiger partial charge in [-0.05, 0) is 35.9 Å². The molecule has 2 aromatic carbocycles. The first kappa shape index (κ1) is 22.8. The van der Waals surface area contributed by atoms with Gasteiger partial charge in [0.2, 0.25) is 11.8 Å². The maximum atomic E-state index is 12.5. The van der Waals surface area contributed by atoms with E-state index in [0.717, 1.165) is 5.56 Å². The number of hydrogen-bond acceptors (Lipinski definition) is 4. The van der Waals surface area contributed by atoms with Gasteiger partial charge in [0.25, 0.3) is 5.91 Å². The largest absolute Gasteiger partial charge is 0.345 e. The Kier molecular flexibility index (Phi) is 7.65. The van der Waals surface area contributed by atoms with Gasteiger partial charge in [0.1, 0.15) is 0 Å². The quantitative estimate of drug-likeness (QED) is 0.745. The summed E-state index contributed by atoms with van der Waals surface area (Å²) in [6.07, 6.45) is 0.284. The van der Waals surface area contributed by atoms with Crippen molar-refractivity contribution in [3.8, 4) is 0 Å². The molecule has 0 atom stereocenters. The molecule has 0 aromatic heterocycles. The lowest BCUT2D eigenvalue weighted by Crippen LogP contribution is -2.50. The van der Waals surface area contributed by atoms with E-state index >= 15 is 0 Å². The predicted molar refractivity (Wildman–Crippen MR) is 121 cm³/mol. The summed E-state index contributed by atoms with van der Waals surface area (Å²) in [6, 6.07) is 14.2. The summed E-state index contributed by atoms with van der Waals surface area (Å²) < 4.78 is 0. The van der Waals surface area contributed by atoms with Gasteiger partial charge in [0.05, 0.1) is 13.0 Å². The normalized spacial score (nSPS) is 14.2. The molecule has 1 saturated heterocycles. The number of halogens is 1. The monoisotopic (exact) mass is 442 g/mol. The highest BCUT2D eigenvalue weighted by molar-refractivity contribution is 6.31. The topological polar surface area (TPSA) is 73.0 Å². The number of rotatable bonds is 6. The molecule has 0 aliphatic carbocycles. The number of carbonyl (C=O) groups excluding carboxylic acids is 3. The highest BCUT2D eigenvalue weighted by Gasteiger charge is 2.23. The Balaban J connectivity index is 1.44. The third-order valence-corrected chi connectivity index (χ3v) is 5.58. The second-order valence-electron chi connectivity index (χ2n) is 7.75. The van der Waals surface area contributed by atoms with Gasteiger partial charge >= 0.3 is 0 Å². The SMILES string of the molecule is CN(C)C(=O)c1ccc(NC(=O)CN2CCN(C(=O)Cc3ccccc3Cl)CC2)cc1. The van der Waals surface area contributed by atoms with E-state index in [1.807, 2.05) is 28.0 Å². The molecule has 8 heteroatoms. The van der Waals surface area contributed by atoms with Gasteiger partial charge in [-0.15, -0.1) is 0 Å². The fourth-order valence-electron chi connectivity index (χ4n) is 3.43. The molecule has 0 spiro atoms. The van der Waals surface area contributed by atoms with Crippen LogP contribution < -0.4 is 5.32 Å². The Morgan fingerprint density at radius 1 is 0.968 bits per heavy atom. The molecule has 31 heavy (non-hydrogen) atoms. The maximum Gasteiger partial charge on any atom is 0.253 e. The Morgan fingerprint density at radius 2 is 1.61 bits per heavy atom. The van der Waals surface area contributed by atoms with Crippen molar-refractivity contribution in [1.29, 1.82) is 0 Å². The fourth-order valence-corrected chi connectivity index (χ4v) is 3.63. The molecule has 0 saturated carbocycles. The number of hydrogen-bond donors (Lipinski definition) is 1. The molecule has 7 nitrogen and oxygen atoms in total. The predicted octanol–water partition coefficient (Wildman–Crippen LogP) is 2.37. The van der Waals surface area contributed by atoms with E-state index in [-0.39, 0.29) is 30.7 Å². The second-order valence-corrected chi connectivity index (χ2v) is 8.16. The second kappa shape index (κ2) is 10.4. The Morgan fingerprint density at radius 3 is 2.23 bits per heavy atom.